The Hall–Kier alpha value is -2.14. The molecular weight excluding hydrogens is 194 g/mol. The topological polar surface area (TPSA) is 91.2 Å². The molecule has 0 aliphatic heterocycles. The number of rotatable bonds is 2. The van der Waals surface area contributed by atoms with E-state index in [2.05, 4.69) is 9.82 Å². The molecule has 0 saturated heterocycles. The van der Waals surface area contributed by atoms with Crippen LogP contribution in [0, 0.1) is 0 Å². The molecule has 15 heavy (non-hydrogen) atoms. The van der Waals surface area contributed by atoms with Crippen molar-refractivity contribution in [2.24, 2.45) is 11.6 Å². The predicted octanol–water partition coefficient (Wildman–Crippen LogP) is 0.586. The first-order valence-electron chi connectivity index (χ1n) is 4.28. The lowest BCUT2D eigenvalue weighted by Gasteiger charge is -2.07. The van der Waals surface area contributed by atoms with Crippen LogP contribution in [-0.2, 0) is 0 Å². The lowest BCUT2D eigenvalue weighted by atomic mass is 10.1. The maximum Gasteiger partial charge on any atom is 0.254 e. The van der Waals surface area contributed by atoms with E-state index < -0.39 is 5.91 Å². The molecule has 5 nitrogen and oxygen atoms in total. The Kier molecular flexibility index (Phi) is 2.23. The number of carbonyl (C=O) groups excluding carboxylic acids is 1. The Morgan fingerprint density at radius 3 is 2.73 bits per heavy atom. The smallest absolute Gasteiger partial charge is 0.254 e. The van der Waals surface area contributed by atoms with Crippen LogP contribution in [0.1, 0.15) is 10.4 Å². The van der Waals surface area contributed by atoms with E-state index in [1.807, 2.05) is 6.07 Å². The largest absolute Gasteiger partial charge is 0.410 e. The van der Waals surface area contributed by atoms with Crippen molar-refractivity contribution in [3.63, 3.8) is 0 Å². The van der Waals surface area contributed by atoms with Crippen LogP contribution in [-0.4, -0.2) is 10.9 Å². The van der Waals surface area contributed by atoms with Crippen LogP contribution in [0.15, 0.2) is 30.5 Å². The van der Waals surface area contributed by atoms with Gasteiger partial charge >= 0.3 is 0 Å². The third-order valence-corrected chi connectivity index (χ3v) is 2.11. The van der Waals surface area contributed by atoms with Crippen LogP contribution in [0.5, 0.6) is 5.75 Å². The summed E-state index contributed by atoms with van der Waals surface area (Å²) < 4.78 is 0. The maximum atomic E-state index is 11.1. The third kappa shape index (κ3) is 1.49. The molecule has 1 aromatic carbocycles. The number of nitrogens with two attached hydrogens (primary N) is 2. The number of benzene rings is 1. The lowest BCUT2D eigenvalue weighted by Crippen LogP contribution is -2.15. The van der Waals surface area contributed by atoms with Gasteiger partial charge in [0.1, 0.15) is 5.56 Å². The summed E-state index contributed by atoms with van der Waals surface area (Å²) in [6, 6.07) is 7.19. The molecule has 76 valence electrons. The minimum atomic E-state index is -0.617. The van der Waals surface area contributed by atoms with Crippen molar-refractivity contribution in [1.29, 1.82) is 0 Å². The highest BCUT2D eigenvalue weighted by Crippen LogP contribution is 2.26. The summed E-state index contributed by atoms with van der Waals surface area (Å²) >= 11 is 0. The molecule has 0 spiro atoms. The molecule has 0 radical (unpaired) electrons. The Morgan fingerprint density at radius 1 is 1.33 bits per heavy atom. The molecule has 1 heterocycles. The minimum Gasteiger partial charge on any atom is -0.410 e. The molecule has 1 aromatic heterocycles. The van der Waals surface area contributed by atoms with Crippen LogP contribution in [0.3, 0.4) is 0 Å². The first-order chi connectivity index (χ1) is 7.24. The van der Waals surface area contributed by atoms with Crippen LogP contribution < -0.4 is 16.5 Å². The van der Waals surface area contributed by atoms with Crippen LogP contribution in [0.4, 0.5) is 0 Å². The zero-order valence-electron chi connectivity index (χ0n) is 7.81. The van der Waals surface area contributed by atoms with Crippen molar-refractivity contribution >= 4 is 16.8 Å². The van der Waals surface area contributed by atoms with Crippen molar-refractivity contribution in [3.05, 3.63) is 36.0 Å². The molecule has 5 heteroatoms. The summed E-state index contributed by atoms with van der Waals surface area (Å²) in [6.45, 7) is 0. The van der Waals surface area contributed by atoms with Crippen LogP contribution in [0.2, 0.25) is 0 Å². The summed E-state index contributed by atoms with van der Waals surface area (Å²) in [5.41, 5.74) is 6.04. The summed E-state index contributed by atoms with van der Waals surface area (Å²) in [6.07, 6.45) is 1.35. The molecule has 0 unspecified atom stereocenters. The SMILES string of the molecule is NOc1c(C(N)=O)cnc2ccccc12. The van der Waals surface area contributed by atoms with Gasteiger partial charge in [-0.2, -0.15) is 5.90 Å². The van der Waals surface area contributed by atoms with Crippen molar-refractivity contribution in [2.75, 3.05) is 0 Å². The van der Waals surface area contributed by atoms with E-state index in [1.54, 1.807) is 18.2 Å². The van der Waals surface area contributed by atoms with Gasteiger partial charge in [0.2, 0.25) is 0 Å². The molecule has 0 aliphatic rings. The zero-order valence-corrected chi connectivity index (χ0v) is 7.81. The molecule has 2 aromatic rings. The number of hydrogen-bond donors (Lipinski definition) is 2. The summed E-state index contributed by atoms with van der Waals surface area (Å²) in [5.74, 6) is 4.76. The average Bonchev–Trinajstić information content (AvgIpc) is 2.27. The van der Waals surface area contributed by atoms with Crippen molar-refractivity contribution in [1.82, 2.24) is 4.98 Å². The van der Waals surface area contributed by atoms with Gasteiger partial charge in [-0.3, -0.25) is 9.78 Å². The highest BCUT2D eigenvalue weighted by atomic mass is 16.6. The van der Waals surface area contributed by atoms with Gasteiger partial charge < -0.3 is 10.6 Å². The number of pyridine rings is 1. The monoisotopic (exact) mass is 203 g/mol. The highest BCUT2D eigenvalue weighted by Gasteiger charge is 2.13. The van der Waals surface area contributed by atoms with Gasteiger partial charge in [0.25, 0.3) is 5.91 Å². The van der Waals surface area contributed by atoms with Crippen LogP contribution in [0.25, 0.3) is 10.9 Å². The van der Waals surface area contributed by atoms with E-state index in [-0.39, 0.29) is 11.3 Å². The number of aromatic nitrogens is 1. The molecular formula is C10H9N3O2. The molecule has 0 atom stereocenters. The van der Waals surface area contributed by atoms with Crippen LogP contribution >= 0.6 is 0 Å². The van der Waals surface area contributed by atoms with Gasteiger partial charge in [-0.15, -0.1) is 0 Å². The molecule has 0 saturated carbocycles. The quantitative estimate of drug-likeness (QED) is 0.698. The Balaban J connectivity index is 2.81. The number of primary amides is 1. The molecule has 4 N–H and O–H groups in total. The third-order valence-electron chi connectivity index (χ3n) is 2.11. The van der Waals surface area contributed by atoms with Gasteiger partial charge in [-0.25, -0.2) is 0 Å². The number of fused-ring (bicyclic) bond motifs is 1. The van der Waals surface area contributed by atoms with Crippen molar-refractivity contribution in [3.8, 4) is 5.75 Å². The van der Waals surface area contributed by atoms with E-state index in [4.69, 9.17) is 11.6 Å². The van der Waals surface area contributed by atoms with E-state index >= 15 is 0 Å². The maximum absolute atomic E-state index is 11.1. The molecule has 2 rings (SSSR count). The van der Waals surface area contributed by atoms with E-state index in [0.29, 0.717) is 10.9 Å². The van der Waals surface area contributed by atoms with E-state index in [0.717, 1.165) is 0 Å². The van der Waals surface area contributed by atoms with Gasteiger partial charge in [0.15, 0.2) is 5.75 Å². The first-order valence-corrected chi connectivity index (χ1v) is 4.28. The fourth-order valence-corrected chi connectivity index (χ4v) is 1.42. The van der Waals surface area contributed by atoms with Gasteiger partial charge in [-0.1, -0.05) is 12.1 Å². The summed E-state index contributed by atoms with van der Waals surface area (Å²) in [7, 11) is 0. The number of carbonyl (C=O) groups is 1. The Morgan fingerprint density at radius 2 is 2.07 bits per heavy atom. The number of nitrogens with zero attached hydrogens (tertiary/aromatic N) is 1. The van der Waals surface area contributed by atoms with Gasteiger partial charge in [0.05, 0.1) is 5.52 Å². The fraction of sp³-hybridized carbons (Fsp3) is 0. The highest BCUT2D eigenvalue weighted by molar-refractivity contribution is 6.01. The van der Waals surface area contributed by atoms with Gasteiger partial charge in [0, 0.05) is 11.6 Å². The molecule has 0 bridgehead atoms. The molecule has 1 amide bonds. The standard InChI is InChI=1S/C10H9N3O2/c11-10(14)7-5-13-8-4-2-1-3-6(8)9(7)15-12/h1-5H,12H2,(H2,11,14). The molecule has 0 fully saturated rings. The number of amides is 1. The first kappa shape index (κ1) is 9.42. The zero-order chi connectivity index (χ0) is 10.8. The normalized spacial score (nSPS) is 10.2. The Labute approximate surface area is 85.6 Å². The number of hydrogen-bond acceptors (Lipinski definition) is 4. The van der Waals surface area contributed by atoms with Crippen molar-refractivity contribution in [2.45, 2.75) is 0 Å². The lowest BCUT2D eigenvalue weighted by molar-refractivity contribution is 0.0996. The van der Waals surface area contributed by atoms with Gasteiger partial charge in [-0.05, 0) is 12.1 Å². The van der Waals surface area contributed by atoms with Crippen molar-refractivity contribution < 1.29 is 9.63 Å². The second-order valence-corrected chi connectivity index (χ2v) is 3.00. The fourth-order valence-electron chi connectivity index (χ4n) is 1.42. The second-order valence-electron chi connectivity index (χ2n) is 3.00. The number of para-hydroxylation sites is 1. The minimum absolute atomic E-state index is 0.177. The average molecular weight is 203 g/mol. The second kappa shape index (κ2) is 3.55. The Bertz CT molecular complexity index is 525. The summed E-state index contributed by atoms with van der Waals surface area (Å²) in [4.78, 5) is 19.8. The molecule has 0 aliphatic carbocycles. The summed E-state index contributed by atoms with van der Waals surface area (Å²) in [5, 5.41) is 0.663. The predicted molar refractivity (Wildman–Crippen MR) is 55.1 cm³/mol. The van der Waals surface area contributed by atoms with E-state index in [1.165, 1.54) is 6.20 Å². The van der Waals surface area contributed by atoms with E-state index in [9.17, 15) is 4.79 Å².